The lowest BCUT2D eigenvalue weighted by molar-refractivity contribution is -0.00410. The van der Waals surface area contributed by atoms with Gasteiger partial charge in [-0.2, -0.15) is 10.2 Å². The predicted octanol–water partition coefficient (Wildman–Crippen LogP) is 1.33. The number of nitrogens with zero attached hydrogens (tertiary/aromatic N) is 3. The van der Waals surface area contributed by atoms with Gasteiger partial charge in [0, 0.05) is 12.7 Å². The third-order valence-electron chi connectivity index (χ3n) is 2.98. The molecule has 7 heteroatoms. The Labute approximate surface area is 123 Å². The van der Waals surface area contributed by atoms with E-state index in [-0.39, 0.29) is 0 Å². The lowest BCUT2D eigenvalue weighted by atomic mass is 10.1. The van der Waals surface area contributed by atoms with Crippen molar-refractivity contribution in [3.05, 3.63) is 41.7 Å². The van der Waals surface area contributed by atoms with Gasteiger partial charge in [-0.1, -0.05) is 0 Å². The first-order valence-corrected chi connectivity index (χ1v) is 6.64. The van der Waals surface area contributed by atoms with Gasteiger partial charge in [0.2, 0.25) is 0 Å². The standard InChI is InChI=1S/C14H19N5O2/c1-3-19(14(16)20)21-12-4-5-13(11(6-12)7-15)18-9-10(2)8-17-18/h4-6,8-9H,3,7,15H2,1-2H3,(H2,16,20). The average Bonchev–Trinajstić information content (AvgIpc) is 2.90. The van der Waals surface area contributed by atoms with Crippen LogP contribution in [0.5, 0.6) is 5.75 Å². The van der Waals surface area contributed by atoms with Gasteiger partial charge in [0.25, 0.3) is 0 Å². The molecule has 0 bridgehead atoms. The summed E-state index contributed by atoms with van der Waals surface area (Å²) in [4.78, 5) is 16.6. The molecule has 0 aliphatic rings. The molecule has 2 aromatic rings. The number of carbonyl (C=O) groups excluding carboxylic acids is 1. The average molecular weight is 289 g/mol. The maximum absolute atomic E-state index is 11.2. The highest BCUT2D eigenvalue weighted by Gasteiger charge is 2.12. The molecule has 0 unspecified atom stereocenters. The van der Waals surface area contributed by atoms with Gasteiger partial charge in [0.1, 0.15) is 0 Å². The highest BCUT2D eigenvalue weighted by molar-refractivity contribution is 5.71. The Kier molecular flexibility index (Phi) is 4.44. The molecule has 0 saturated heterocycles. The van der Waals surface area contributed by atoms with Crippen LogP contribution >= 0.6 is 0 Å². The molecule has 0 saturated carbocycles. The summed E-state index contributed by atoms with van der Waals surface area (Å²) in [5.41, 5.74) is 13.8. The van der Waals surface area contributed by atoms with Crippen LogP contribution in [0.2, 0.25) is 0 Å². The number of hydrogen-bond acceptors (Lipinski definition) is 4. The first kappa shape index (κ1) is 14.9. The van der Waals surface area contributed by atoms with Crippen molar-refractivity contribution in [2.75, 3.05) is 6.54 Å². The second-order valence-electron chi connectivity index (χ2n) is 4.58. The van der Waals surface area contributed by atoms with E-state index >= 15 is 0 Å². The summed E-state index contributed by atoms with van der Waals surface area (Å²) >= 11 is 0. The lowest BCUT2D eigenvalue weighted by Crippen LogP contribution is -2.38. The number of benzene rings is 1. The third kappa shape index (κ3) is 3.32. The fraction of sp³-hybridized carbons (Fsp3) is 0.286. The molecular formula is C14H19N5O2. The highest BCUT2D eigenvalue weighted by atomic mass is 16.7. The maximum atomic E-state index is 11.2. The zero-order chi connectivity index (χ0) is 15.4. The molecule has 2 amide bonds. The van der Waals surface area contributed by atoms with E-state index in [1.807, 2.05) is 19.2 Å². The molecule has 7 nitrogen and oxygen atoms in total. The molecule has 112 valence electrons. The smallest absolute Gasteiger partial charge is 0.347 e. The largest absolute Gasteiger partial charge is 0.375 e. The van der Waals surface area contributed by atoms with E-state index in [2.05, 4.69) is 5.10 Å². The highest BCUT2D eigenvalue weighted by Crippen LogP contribution is 2.21. The zero-order valence-corrected chi connectivity index (χ0v) is 12.1. The van der Waals surface area contributed by atoms with E-state index in [1.165, 1.54) is 0 Å². The summed E-state index contributed by atoms with van der Waals surface area (Å²) in [6.45, 7) is 4.42. The van der Waals surface area contributed by atoms with E-state index in [0.29, 0.717) is 18.8 Å². The van der Waals surface area contributed by atoms with E-state index in [0.717, 1.165) is 21.9 Å². The molecule has 0 fully saturated rings. The zero-order valence-electron chi connectivity index (χ0n) is 12.1. The van der Waals surface area contributed by atoms with E-state index in [9.17, 15) is 4.79 Å². The molecule has 2 rings (SSSR count). The van der Waals surface area contributed by atoms with Crippen LogP contribution in [0, 0.1) is 6.92 Å². The van der Waals surface area contributed by atoms with Crippen LogP contribution in [0.3, 0.4) is 0 Å². The number of aromatic nitrogens is 2. The number of hydrogen-bond donors (Lipinski definition) is 2. The molecular weight excluding hydrogens is 270 g/mol. The van der Waals surface area contributed by atoms with Gasteiger partial charge in [-0.3, -0.25) is 0 Å². The van der Waals surface area contributed by atoms with Crippen LogP contribution in [-0.2, 0) is 6.54 Å². The van der Waals surface area contributed by atoms with Crippen LogP contribution in [0.4, 0.5) is 4.79 Å². The topological polar surface area (TPSA) is 99.4 Å². The summed E-state index contributed by atoms with van der Waals surface area (Å²) in [6, 6.07) is 4.73. The minimum absolute atomic E-state index is 0.328. The summed E-state index contributed by atoms with van der Waals surface area (Å²) < 4.78 is 1.76. The van der Waals surface area contributed by atoms with E-state index in [1.54, 1.807) is 29.9 Å². The molecule has 0 atom stereocenters. The molecule has 4 N–H and O–H groups in total. The molecule has 21 heavy (non-hydrogen) atoms. The molecule has 0 aliphatic heterocycles. The quantitative estimate of drug-likeness (QED) is 0.811. The summed E-state index contributed by atoms with van der Waals surface area (Å²) in [5, 5.41) is 5.34. The van der Waals surface area contributed by atoms with Gasteiger partial charge in [-0.05, 0) is 43.2 Å². The van der Waals surface area contributed by atoms with Gasteiger partial charge in [0.05, 0.1) is 18.4 Å². The van der Waals surface area contributed by atoms with Crippen LogP contribution in [0.25, 0.3) is 5.69 Å². The number of hydroxylamine groups is 2. The Morgan fingerprint density at radius 2 is 2.24 bits per heavy atom. The summed E-state index contributed by atoms with van der Waals surface area (Å²) in [7, 11) is 0. The molecule has 0 aliphatic carbocycles. The summed E-state index contributed by atoms with van der Waals surface area (Å²) in [5.74, 6) is 0.503. The monoisotopic (exact) mass is 289 g/mol. The van der Waals surface area contributed by atoms with E-state index < -0.39 is 6.03 Å². The van der Waals surface area contributed by atoms with Crippen molar-refractivity contribution in [2.45, 2.75) is 20.4 Å². The van der Waals surface area contributed by atoms with Crippen molar-refractivity contribution >= 4 is 6.03 Å². The predicted molar refractivity (Wildman–Crippen MR) is 78.8 cm³/mol. The van der Waals surface area contributed by atoms with Gasteiger partial charge < -0.3 is 16.3 Å². The van der Waals surface area contributed by atoms with Crippen LogP contribution in [0.1, 0.15) is 18.1 Å². The van der Waals surface area contributed by atoms with Gasteiger partial charge in [0.15, 0.2) is 5.75 Å². The van der Waals surface area contributed by atoms with Crippen molar-refractivity contribution in [2.24, 2.45) is 11.5 Å². The first-order chi connectivity index (χ1) is 10.0. The second kappa shape index (κ2) is 6.27. The van der Waals surface area contributed by atoms with Crippen LogP contribution < -0.4 is 16.3 Å². The van der Waals surface area contributed by atoms with Crippen molar-refractivity contribution in [3.63, 3.8) is 0 Å². The normalized spacial score (nSPS) is 10.4. The maximum Gasteiger partial charge on any atom is 0.347 e. The molecule has 0 radical (unpaired) electrons. The van der Waals surface area contributed by atoms with Gasteiger partial charge in [-0.25, -0.2) is 9.48 Å². The first-order valence-electron chi connectivity index (χ1n) is 6.64. The van der Waals surface area contributed by atoms with Crippen LogP contribution in [-0.4, -0.2) is 27.4 Å². The number of nitrogens with two attached hydrogens (primary N) is 2. The number of carbonyl (C=O) groups is 1. The minimum atomic E-state index is -0.640. The number of primary amides is 1. The lowest BCUT2D eigenvalue weighted by Gasteiger charge is -2.19. The third-order valence-corrected chi connectivity index (χ3v) is 2.98. The van der Waals surface area contributed by atoms with Crippen LogP contribution in [0.15, 0.2) is 30.6 Å². The number of rotatable bonds is 5. The molecule has 1 aromatic carbocycles. The summed E-state index contributed by atoms with van der Waals surface area (Å²) in [6.07, 6.45) is 3.69. The Morgan fingerprint density at radius 3 is 2.76 bits per heavy atom. The number of amides is 2. The molecule has 1 heterocycles. The Bertz CT molecular complexity index is 638. The van der Waals surface area contributed by atoms with Gasteiger partial charge >= 0.3 is 6.03 Å². The molecule has 0 spiro atoms. The fourth-order valence-electron chi connectivity index (χ4n) is 1.94. The van der Waals surface area contributed by atoms with Crippen molar-refractivity contribution in [1.82, 2.24) is 14.8 Å². The Balaban J connectivity index is 2.30. The SMILES string of the molecule is CCN(Oc1ccc(-n2cc(C)cn2)c(CN)c1)C(N)=O. The number of urea groups is 1. The Morgan fingerprint density at radius 1 is 1.48 bits per heavy atom. The fourth-order valence-corrected chi connectivity index (χ4v) is 1.94. The Hall–Kier alpha value is -2.54. The van der Waals surface area contributed by atoms with Crippen molar-refractivity contribution < 1.29 is 9.63 Å². The second-order valence-corrected chi connectivity index (χ2v) is 4.58. The minimum Gasteiger partial charge on any atom is -0.375 e. The molecule has 1 aromatic heterocycles. The van der Waals surface area contributed by atoms with Crippen molar-refractivity contribution in [3.8, 4) is 11.4 Å². The van der Waals surface area contributed by atoms with Gasteiger partial charge in [-0.15, -0.1) is 0 Å². The van der Waals surface area contributed by atoms with Crippen molar-refractivity contribution in [1.29, 1.82) is 0 Å². The number of aryl methyl sites for hydroxylation is 1. The van der Waals surface area contributed by atoms with E-state index in [4.69, 9.17) is 16.3 Å².